The lowest BCUT2D eigenvalue weighted by Gasteiger charge is -2.11. The normalized spacial score (nSPS) is 11.0. The largest absolute Gasteiger partial charge is 0.329 e. The molecule has 0 atom stereocenters. The minimum atomic E-state index is -0.836. The molecule has 3 rings (SSSR count). The third-order valence-corrected chi connectivity index (χ3v) is 5.43. The Morgan fingerprint density at radius 3 is 2.30 bits per heavy atom. The van der Waals surface area contributed by atoms with Crippen LogP contribution in [0.1, 0.15) is 28.1 Å². The maximum atomic E-state index is 12.0. The lowest BCUT2D eigenvalue weighted by Crippen LogP contribution is -2.32. The van der Waals surface area contributed by atoms with Crippen LogP contribution in [0.2, 0.25) is 0 Å². The molecule has 0 aliphatic carbocycles. The van der Waals surface area contributed by atoms with Crippen molar-refractivity contribution >= 4 is 39.6 Å². The minimum absolute atomic E-state index is 0.527. The van der Waals surface area contributed by atoms with Crippen LogP contribution >= 0.6 is 15.9 Å². The topological polar surface area (TPSA) is 75.5 Å². The highest BCUT2D eigenvalue weighted by Gasteiger charge is 2.14. The highest BCUT2D eigenvalue weighted by atomic mass is 79.9. The van der Waals surface area contributed by atoms with Crippen molar-refractivity contribution in [2.45, 2.75) is 27.7 Å². The number of nitrogens with zero attached hydrogens (tertiary/aromatic N) is 2. The molecule has 0 spiro atoms. The van der Waals surface area contributed by atoms with Gasteiger partial charge in [0.25, 0.3) is 0 Å². The summed E-state index contributed by atoms with van der Waals surface area (Å²) in [5, 5.41) is 6.48. The number of hydrazone groups is 1. The quantitative estimate of drug-likeness (QED) is 0.335. The average Bonchev–Trinajstić information content (AvgIpc) is 2.99. The Bertz CT molecular complexity index is 1130. The Balaban J connectivity index is 1.69. The number of carbonyl (C=O) groups excluding carboxylic acids is 2. The summed E-state index contributed by atoms with van der Waals surface area (Å²) in [7, 11) is 0. The number of benzene rings is 2. The molecule has 0 unspecified atom stereocenters. The van der Waals surface area contributed by atoms with Crippen molar-refractivity contribution in [2.24, 2.45) is 5.10 Å². The number of rotatable bonds is 4. The van der Waals surface area contributed by atoms with Gasteiger partial charge in [0.15, 0.2) is 0 Å². The second kappa shape index (κ2) is 9.09. The van der Waals surface area contributed by atoms with Crippen molar-refractivity contribution < 1.29 is 9.59 Å². The van der Waals surface area contributed by atoms with Crippen molar-refractivity contribution in [1.82, 2.24) is 9.99 Å². The number of hydrogen-bond acceptors (Lipinski definition) is 3. The number of hydrogen-bond donors (Lipinski definition) is 2. The smallest absolute Gasteiger partial charge is 0.318 e. The first kappa shape index (κ1) is 21.5. The third kappa shape index (κ3) is 4.86. The summed E-state index contributed by atoms with van der Waals surface area (Å²) >= 11 is 3.32. The third-order valence-electron chi connectivity index (χ3n) is 4.90. The summed E-state index contributed by atoms with van der Waals surface area (Å²) in [4.78, 5) is 24.0. The zero-order valence-electron chi connectivity index (χ0n) is 17.3. The summed E-state index contributed by atoms with van der Waals surface area (Å²) in [6.07, 6.45) is 1.55. The second-order valence-corrected chi connectivity index (χ2v) is 8.01. The van der Waals surface area contributed by atoms with Gasteiger partial charge in [0.1, 0.15) is 0 Å². The van der Waals surface area contributed by atoms with E-state index in [4.69, 9.17) is 0 Å². The maximum Gasteiger partial charge on any atom is 0.329 e. The molecular weight excluding hydrogens is 444 g/mol. The monoisotopic (exact) mass is 466 g/mol. The van der Waals surface area contributed by atoms with Gasteiger partial charge in [0.2, 0.25) is 0 Å². The molecule has 1 heterocycles. The second-order valence-electron chi connectivity index (χ2n) is 7.09. The zero-order chi connectivity index (χ0) is 21.8. The Morgan fingerprint density at radius 1 is 0.933 bits per heavy atom. The molecule has 2 N–H and O–H groups in total. The molecule has 0 bridgehead atoms. The van der Waals surface area contributed by atoms with Crippen LogP contribution in [0.5, 0.6) is 0 Å². The van der Waals surface area contributed by atoms with Gasteiger partial charge in [0.05, 0.1) is 6.21 Å². The van der Waals surface area contributed by atoms with Gasteiger partial charge in [-0.25, -0.2) is 5.43 Å². The molecule has 2 aromatic carbocycles. The number of anilines is 1. The van der Waals surface area contributed by atoms with E-state index in [-0.39, 0.29) is 0 Å². The summed E-state index contributed by atoms with van der Waals surface area (Å²) in [5.41, 5.74) is 9.25. The van der Waals surface area contributed by atoms with Crippen LogP contribution in [0.4, 0.5) is 5.69 Å². The van der Waals surface area contributed by atoms with Crippen LogP contribution in [-0.2, 0) is 9.59 Å². The molecule has 0 saturated heterocycles. The number of aromatic nitrogens is 1. The number of amides is 2. The highest BCUT2D eigenvalue weighted by Crippen LogP contribution is 2.21. The van der Waals surface area contributed by atoms with E-state index in [9.17, 15) is 9.59 Å². The summed E-state index contributed by atoms with van der Waals surface area (Å²) in [6.45, 7) is 8.18. The van der Waals surface area contributed by atoms with Gasteiger partial charge in [-0.1, -0.05) is 22.0 Å². The molecular formula is C23H23BrN4O2. The first-order chi connectivity index (χ1) is 14.3. The van der Waals surface area contributed by atoms with Gasteiger partial charge in [-0.3, -0.25) is 9.59 Å². The maximum absolute atomic E-state index is 12.0. The SMILES string of the molecule is Cc1ccc(-n2c(C)cc(/C=N\NC(=O)C(=O)Nc3ccc(Br)cc3)c2C)cc1C. The molecule has 154 valence electrons. The van der Waals surface area contributed by atoms with Crippen LogP contribution in [0, 0.1) is 27.7 Å². The van der Waals surface area contributed by atoms with Gasteiger partial charge in [-0.15, -0.1) is 0 Å². The molecule has 3 aromatic rings. The van der Waals surface area contributed by atoms with Crippen LogP contribution < -0.4 is 10.7 Å². The van der Waals surface area contributed by atoms with E-state index >= 15 is 0 Å². The fraction of sp³-hybridized carbons (Fsp3) is 0.174. The first-order valence-electron chi connectivity index (χ1n) is 9.43. The molecule has 0 aliphatic heterocycles. The van der Waals surface area contributed by atoms with Gasteiger partial charge < -0.3 is 9.88 Å². The number of aryl methyl sites for hydroxylation is 3. The molecule has 2 amide bonds. The van der Waals surface area contributed by atoms with Crippen molar-refractivity contribution in [2.75, 3.05) is 5.32 Å². The Hall–Kier alpha value is -3.19. The molecule has 0 aliphatic rings. The van der Waals surface area contributed by atoms with E-state index in [0.29, 0.717) is 5.69 Å². The average molecular weight is 467 g/mol. The number of nitrogens with one attached hydrogen (secondary N) is 2. The fourth-order valence-corrected chi connectivity index (χ4v) is 3.38. The van der Waals surface area contributed by atoms with Crippen LogP contribution in [-0.4, -0.2) is 22.6 Å². The lowest BCUT2D eigenvalue weighted by atomic mass is 10.1. The molecule has 1 aromatic heterocycles. The Labute approximate surface area is 184 Å². The van der Waals surface area contributed by atoms with Crippen LogP contribution in [0.3, 0.4) is 0 Å². The Morgan fingerprint density at radius 2 is 1.63 bits per heavy atom. The van der Waals surface area contributed by atoms with E-state index in [1.165, 1.54) is 11.1 Å². The fourth-order valence-electron chi connectivity index (χ4n) is 3.11. The molecule has 0 saturated carbocycles. The number of carbonyl (C=O) groups is 2. The van der Waals surface area contributed by atoms with E-state index in [1.54, 1.807) is 30.5 Å². The van der Waals surface area contributed by atoms with Crippen LogP contribution in [0.25, 0.3) is 5.69 Å². The summed E-state index contributed by atoms with van der Waals surface area (Å²) in [6, 6.07) is 15.2. The van der Waals surface area contributed by atoms with Gasteiger partial charge in [0, 0.05) is 32.8 Å². The van der Waals surface area contributed by atoms with E-state index in [2.05, 4.69) is 68.4 Å². The van der Waals surface area contributed by atoms with Gasteiger partial charge in [-0.05, 0) is 81.3 Å². The number of halogens is 1. The minimum Gasteiger partial charge on any atom is -0.318 e. The van der Waals surface area contributed by atoms with Crippen molar-refractivity contribution in [3.8, 4) is 5.69 Å². The zero-order valence-corrected chi connectivity index (χ0v) is 18.9. The predicted octanol–water partition coefficient (Wildman–Crippen LogP) is 4.56. The predicted molar refractivity (Wildman–Crippen MR) is 123 cm³/mol. The molecule has 6 nitrogen and oxygen atoms in total. The van der Waals surface area contributed by atoms with E-state index in [1.807, 2.05) is 19.9 Å². The molecule has 7 heteroatoms. The standard InChI is InChI=1S/C23H23BrN4O2/c1-14-5-10-21(11-15(14)2)28-16(3)12-18(17(28)4)13-25-27-23(30)22(29)26-20-8-6-19(24)7-9-20/h5-13H,1-4H3,(H,26,29)(H,27,30)/b25-13-. The Kier molecular flexibility index (Phi) is 6.52. The lowest BCUT2D eigenvalue weighted by molar-refractivity contribution is -0.136. The first-order valence-corrected chi connectivity index (χ1v) is 10.2. The van der Waals surface area contributed by atoms with Gasteiger partial charge >= 0.3 is 11.8 Å². The van der Waals surface area contributed by atoms with Crippen LogP contribution in [0.15, 0.2) is 58.1 Å². The van der Waals surface area contributed by atoms with E-state index < -0.39 is 11.8 Å². The molecule has 0 fully saturated rings. The van der Waals surface area contributed by atoms with Crippen molar-refractivity contribution in [3.63, 3.8) is 0 Å². The van der Waals surface area contributed by atoms with Gasteiger partial charge in [-0.2, -0.15) is 5.10 Å². The van der Waals surface area contributed by atoms with E-state index in [0.717, 1.165) is 27.1 Å². The summed E-state index contributed by atoms with van der Waals surface area (Å²) in [5.74, 6) is -1.62. The highest BCUT2D eigenvalue weighted by molar-refractivity contribution is 9.10. The van der Waals surface area contributed by atoms with Crippen molar-refractivity contribution in [3.05, 3.63) is 81.1 Å². The van der Waals surface area contributed by atoms with Crippen molar-refractivity contribution in [1.29, 1.82) is 0 Å². The molecule has 0 radical (unpaired) electrons. The molecule has 30 heavy (non-hydrogen) atoms. The summed E-state index contributed by atoms with van der Waals surface area (Å²) < 4.78 is 3.02.